The number of carboxylic acid groups (broad SMARTS) is 1. The van der Waals surface area contributed by atoms with Crippen LogP contribution in [0.1, 0.15) is 200 Å². The number of hydrogen-bond donors (Lipinski definition) is 3. The van der Waals surface area contributed by atoms with Crippen LogP contribution < -0.4 is 5.73 Å². The van der Waals surface area contributed by atoms with Crippen molar-refractivity contribution in [2.24, 2.45) is 5.73 Å². The van der Waals surface area contributed by atoms with Gasteiger partial charge in [0.05, 0.1) is 13.2 Å². The number of unbranched alkanes of at least 4 members (excludes halogenated alkanes) is 25. The summed E-state index contributed by atoms with van der Waals surface area (Å²) in [5, 5.41) is 8.85. The van der Waals surface area contributed by atoms with Gasteiger partial charge < -0.3 is 25.2 Å². The second-order valence-electron chi connectivity index (χ2n) is 14.1. The smallest absolute Gasteiger partial charge is 0.472 e. The van der Waals surface area contributed by atoms with Crippen LogP contribution in [0.15, 0.2) is 0 Å². The first-order valence-corrected chi connectivity index (χ1v) is 22.1. The van der Waals surface area contributed by atoms with Gasteiger partial charge >= 0.3 is 25.7 Å². The number of carboxylic acids is 1. The molecule has 0 heterocycles. The highest BCUT2D eigenvalue weighted by atomic mass is 31.2. The minimum absolute atomic E-state index is 0.169. The van der Waals surface area contributed by atoms with E-state index in [1.807, 2.05) is 0 Å². The average molecular weight is 750 g/mol. The van der Waals surface area contributed by atoms with E-state index in [0.717, 1.165) is 38.5 Å². The molecule has 0 saturated carbocycles. The Hall–Kier alpha value is -1.52. The molecule has 0 aromatic carbocycles. The lowest BCUT2D eigenvalue weighted by molar-refractivity contribution is -0.161. The lowest BCUT2D eigenvalue weighted by Gasteiger charge is -2.20. The summed E-state index contributed by atoms with van der Waals surface area (Å²) in [5.41, 5.74) is 5.31. The van der Waals surface area contributed by atoms with Crippen LogP contribution in [0.5, 0.6) is 0 Å². The fraction of sp³-hybridized carbons (Fsp3) is 0.923. The second kappa shape index (κ2) is 35.5. The third-order valence-electron chi connectivity index (χ3n) is 9.11. The molecular weight excluding hydrogens is 673 g/mol. The SMILES string of the molecule is CCCCCCCCCCCCCCCCCCCCCCC(=O)O[C@@H](COC(=O)CCCCCCCCC)COP(=O)(O)OC[C@H](N)C(=O)O. The molecule has 0 rings (SSSR count). The first kappa shape index (κ1) is 49.5. The van der Waals surface area contributed by atoms with Crippen molar-refractivity contribution in [3.8, 4) is 0 Å². The third kappa shape index (κ3) is 35.3. The Morgan fingerprint density at radius 1 is 0.529 bits per heavy atom. The van der Waals surface area contributed by atoms with Crippen LogP contribution in [0.3, 0.4) is 0 Å². The quantitative estimate of drug-likeness (QED) is 0.0310. The summed E-state index contributed by atoms with van der Waals surface area (Å²) >= 11 is 0. The first-order chi connectivity index (χ1) is 24.6. The molecule has 0 spiro atoms. The number of carbonyl (C=O) groups excluding carboxylic acids is 2. The number of carbonyl (C=O) groups is 3. The van der Waals surface area contributed by atoms with Gasteiger partial charge in [0.15, 0.2) is 6.10 Å². The summed E-state index contributed by atoms with van der Waals surface area (Å²) in [6, 6.07) is -1.51. The Labute approximate surface area is 310 Å². The van der Waals surface area contributed by atoms with Crippen molar-refractivity contribution in [3.63, 3.8) is 0 Å². The number of ether oxygens (including phenoxy) is 2. The molecule has 1 unspecified atom stereocenters. The molecule has 4 N–H and O–H groups in total. The van der Waals surface area contributed by atoms with Gasteiger partial charge in [-0.3, -0.25) is 23.4 Å². The van der Waals surface area contributed by atoms with Gasteiger partial charge in [0, 0.05) is 12.8 Å². The van der Waals surface area contributed by atoms with Crippen molar-refractivity contribution in [2.45, 2.75) is 212 Å². The zero-order valence-corrected chi connectivity index (χ0v) is 33.4. The topological polar surface area (TPSA) is 172 Å². The summed E-state index contributed by atoms with van der Waals surface area (Å²) in [5.74, 6) is -2.37. The van der Waals surface area contributed by atoms with Crippen LogP contribution in [0.25, 0.3) is 0 Å². The molecule has 0 radical (unpaired) electrons. The normalized spacial score (nSPS) is 13.8. The molecular formula is C39H76NO10P. The molecule has 0 amide bonds. The van der Waals surface area contributed by atoms with E-state index >= 15 is 0 Å². The van der Waals surface area contributed by atoms with Crippen molar-refractivity contribution < 1.29 is 47.5 Å². The zero-order valence-electron chi connectivity index (χ0n) is 32.5. The monoisotopic (exact) mass is 750 g/mol. The number of nitrogens with two attached hydrogens (primary N) is 1. The van der Waals surface area contributed by atoms with E-state index in [-0.39, 0.29) is 19.4 Å². The van der Waals surface area contributed by atoms with Gasteiger partial charge in [0.2, 0.25) is 0 Å². The van der Waals surface area contributed by atoms with Gasteiger partial charge in [0.25, 0.3) is 0 Å². The number of esters is 2. The molecule has 3 atom stereocenters. The van der Waals surface area contributed by atoms with E-state index in [9.17, 15) is 23.8 Å². The van der Waals surface area contributed by atoms with Crippen LogP contribution in [0.4, 0.5) is 0 Å². The van der Waals surface area contributed by atoms with Crippen molar-refractivity contribution in [2.75, 3.05) is 19.8 Å². The van der Waals surface area contributed by atoms with Crippen LogP contribution in [0.2, 0.25) is 0 Å². The summed E-state index contributed by atoms with van der Waals surface area (Å²) < 4.78 is 32.5. The number of rotatable bonds is 39. The zero-order chi connectivity index (χ0) is 37.8. The molecule has 12 heteroatoms. The lowest BCUT2D eigenvalue weighted by Crippen LogP contribution is -2.34. The predicted molar refractivity (Wildman–Crippen MR) is 203 cm³/mol. The van der Waals surface area contributed by atoms with Gasteiger partial charge in [-0.25, -0.2) is 4.57 Å². The Morgan fingerprint density at radius 2 is 0.863 bits per heavy atom. The summed E-state index contributed by atoms with van der Waals surface area (Å²) in [7, 11) is -4.70. The average Bonchev–Trinajstić information content (AvgIpc) is 3.10. The lowest BCUT2D eigenvalue weighted by atomic mass is 10.0. The van der Waals surface area contributed by atoms with E-state index < -0.39 is 51.1 Å². The Balaban J connectivity index is 4.20. The van der Waals surface area contributed by atoms with Crippen molar-refractivity contribution in [1.82, 2.24) is 0 Å². The fourth-order valence-electron chi connectivity index (χ4n) is 5.83. The first-order valence-electron chi connectivity index (χ1n) is 20.6. The molecule has 0 aliphatic carbocycles. The predicted octanol–water partition coefficient (Wildman–Crippen LogP) is 10.3. The third-order valence-corrected chi connectivity index (χ3v) is 10.1. The summed E-state index contributed by atoms with van der Waals surface area (Å²) in [6.45, 7) is 2.76. The highest BCUT2D eigenvalue weighted by molar-refractivity contribution is 7.47. The molecule has 0 saturated heterocycles. The molecule has 302 valence electrons. The maximum Gasteiger partial charge on any atom is 0.472 e. The van der Waals surface area contributed by atoms with Crippen molar-refractivity contribution in [3.05, 3.63) is 0 Å². The van der Waals surface area contributed by atoms with Gasteiger partial charge in [-0.05, 0) is 12.8 Å². The maximum atomic E-state index is 12.6. The van der Waals surface area contributed by atoms with E-state index in [4.69, 9.17) is 24.8 Å². The van der Waals surface area contributed by atoms with Crippen LogP contribution >= 0.6 is 7.82 Å². The highest BCUT2D eigenvalue weighted by Crippen LogP contribution is 2.43. The Bertz CT molecular complexity index is 890. The standard InChI is InChI=1S/C39H76NO10P/c1-3-5-7-9-11-12-13-14-15-16-17-18-19-20-21-22-23-25-27-29-31-38(42)50-35(33-48-51(45,46)49-34-36(40)39(43)44)32-47-37(41)30-28-26-24-10-8-6-4-2/h35-36H,3-34,40H2,1-2H3,(H,43,44)(H,45,46)/t35-,36-/m0/s1. The van der Waals surface area contributed by atoms with Gasteiger partial charge in [-0.1, -0.05) is 174 Å². The molecule has 11 nitrogen and oxygen atoms in total. The second-order valence-corrected chi connectivity index (χ2v) is 15.6. The summed E-state index contributed by atoms with van der Waals surface area (Å²) in [6.07, 6.45) is 32.0. The van der Waals surface area contributed by atoms with Crippen LogP contribution in [-0.2, 0) is 37.5 Å². The number of hydrogen-bond acceptors (Lipinski definition) is 9. The van der Waals surface area contributed by atoms with Crippen molar-refractivity contribution in [1.29, 1.82) is 0 Å². The molecule has 51 heavy (non-hydrogen) atoms. The Kier molecular flexibility index (Phi) is 34.4. The number of phosphoric acid groups is 1. The van der Waals surface area contributed by atoms with Gasteiger partial charge in [-0.15, -0.1) is 0 Å². The summed E-state index contributed by atoms with van der Waals surface area (Å²) in [4.78, 5) is 45.6. The van der Waals surface area contributed by atoms with E-state index in [1.54, 1.807) is 0 Å². The molecule has 0 aliphatic rings. The molecule has 0 aromatic rings. The molecule has 0 aliphatic heterocycles. The van der Waals surface area contributed by atoms with Crippen LogP contribution in [0, 0.1) is 0 Å². The van der Waals surface area contributed by atoms with E-state index in [0.29, 0.717) is 12.8 Å². The van der Waals surface area contributed by atoms with Crippen LogP contribution in [-0.4, -0.2) is 59.9 Å². The van der Waals surface area contributed by atoms with Gasteiger partial charge in [0.1, 0.15) is 12.6 Å². The molecule has 0 bridgehead atoms. The van der Waals surface area contributed by atoms with Crippen molar-refractivity contribution >= 4 is 25.7 Å². The van der Waals surface area contributed by atoms with E-state index in [1.165, 1.54) is 122 Å². The van der Waals surface area contributed by atoms with E-state index in [2.05, 4.69) is 18.4 Å². The molecule has 0 fully saturated rings. The maximum absolute atomic E-state index is 12.6. The fourth-order valence-corrected chi connectivity index (χ4v) is 6.61. The number of phosphoric ester groups is 1. The molecule has 0 aromatic heterocycles. The largest absolute Gasteiger partial charge is 0.480 e. The van der Waals surface area contributed by atoms with Gasteiger partial charge in [-0.2, -0.15) is 0 Å². The Morgan fingerprint density at radius 3 is 1.24 bits per heavy atom. The number of aliphatic carboxylic acids is 1. The highest BCUT2D eigenvalue weighted by Gasteiger charge is 2.28. The minimum atomic E-state index is -4.70. The minimum Gasteiger partial charge on any atom is -0.480 e.